The van der Waals surface area contributed by atoms with E-state index >= 15 is 0 Å². The molecule has 3 rings (SSSR count). The van der Waals surface area contributed by atoms with Gasteiger partial charge >= 0.3 is 0 Å². The standard InChI is InChI=1S/C16H13BrFNO2/c1-20-12-7-3-6-11(18)14(12)15(19)13-8-9-4-2-5-10(17)16(9)21-13/h2-8,15H,19H2,1H3. The van der Waals surface area contributed by atoms with Crippen LogP contribution in [-0.4, -0.2) is 7.11 Å². The van der Waals surface area contributed by atoms with Gasteiger partial charge in [-0.2, -0.15) is 0 Å². The molecule has 1 unspecified atom stereocenters. The van der Waals surface area contributed by atoms with E-state index in [9.17, 15) is 4.39 Å². The number of ether oxygens (including phenoxy) is 1. The lowest BCUT2D eigenvalue weighted by Crippen LogP contribution is -2.14. The molecule has 0 saturated carbocycles. The summed E-state index contributed by atoms with van der Waals surface area (Å²) in [5.41, 5.74) is 7.16. The normalized spacial score (nSPS) is 12.6. The first-order valence-corrected chi connectivity index (χ1v) is 7.17. The van der Waals surface area contributed by atoms with Crippen molar-refractivity contribution in [1.82, 2.24) is 0 Å². The maximum absolute atomic E-state index is 14.1. The monoisotopic (exact) mass is 349 g/mol. The van der Waals surface area contributed by atoms with Gasteiger partial charge in [0.1, 0.15) is 22.9 Å². The average molecular weight is 350 g/mol. The molecule has 0 saturated heterocycles. The molecule has 0 aliphatic carbocycles. The first-order chi connectivity index (χ1) is 10.1. The minimum absolute atomic E-state index is 0.287. The molecule has 0 amide bonds. The van der Waals surface area contributed by atoms with Crippen LogP contribution in [0.4, 0.5) is 4.39 Å². The van der Waals surface area contributed by atoms with Crippen molar-refractivity contribution in [3.63, 3.8) is 0 Å². The highest BCUT2D eigenvalue weighted by molar-refractivity contribution is 9.10. The second kappa shape index (κ2) is 5.50. The van der Waals surface area contributed by atoms with Crippen LogP contribution < -0.4 is 10.5 Å². The Morgan fingerprint density at radius 2 is 2.00 bits per heavy atom. The molecule has 3 aromatic rings. The van der Waals surface area contributed by atoms with Crippen molar-refractivity contribution in [3.05, 3.63) is 64.1 Å². The number of nitrogens with two attached hydrogens (primary N) is 1. The number of halogens is 2. The van der Waals surface area contributed by atoms with Crippen LogP contribution in [0.5, 0.6) is 5.75 Å². The SMILES string of the molecule is COc1cccc(F)c1C(N)c1cc2cccc(Br)c2o1. The Morgan fingerprint density at radius 1 is 1.24 bits per heavy atom. The van der Waals surface area contributed by atoms with Gasteiger partial charge in [0, 0.05) is 5.39 Å². The molecule has 0 spiro atoms. The van der Waals surface area contributed by atoms with Crippen LogP contribution in [0.15, 0.2) is 51.4 Å². The molecule has 1 heterocycles. The van der Waals surface area contributed by atoms with Crippen molar-refractivity contribution in [2.45, 2.75) is 6.04 Å². The van der Waals surface area contributed by atoms with Crippen LogP contribution in [0.2, 0.25) is 0 Å². The second-order valence-corrected chi connectivity index (χ2v) is 5.49. The molecule has 0 radical (unpaired) electrons. The van der Waals surface area contributed by atoms with Gasteiger partial charge in [-0.05, 0) is 40.2 Å². The minimum Gasteiger partial charge on any atom is -0.496 e. The number of rotatable bonds is 3. The summed E-state index contributed by atoms with van der Waals surface area (Å²) < 4.78 is 25.9. The van der Waals surface area contributed by atoms with Crippen molar-refractivity contribution >= 4 is 26.9 Å². The van der Waals surface area contributed by atoms with E-state index in [-0.39, 0.29) is 5.56 Å². The van der Waals surface area contributed by atoms with E-state index < -0.39 is 11.9 Å². The fourth-order valence-corrected chi connectivity index (χ4v) is 2.80. The van der Waals surface area contributed by atoms with Gasteiger partial charge < -0.3 is 14.9 Å². The maximum atomic E-state index is 14.1. The highest BCUT2D eigenvalue weighted by Gasteiger charge is 2.22. The molecule has 0 aliphatic heterocycles. The van der Waals surface area contributed by atoms with Crippen LogP contribution in [0, 0.1) is 5.82 Å². The second-order valence-electron chi connectivity index (χ2n) is 4.64. The summed E-state index contributed by atoms with van der Waals surface area (Å²) in [6, 6.07) is 11.4. The molecular formula is C16H13BrFNO2. The zero-order chi connectivity index (χ0) is 15.0. The highest BCUT2D eigenvalue weighted by atomic mass is 79.9. The molecule has 0 bridgehead atoms. The molecule has 2 aromatic carbocycles. The summed E-state index contributed by atoms with van der Waals surface area (Å²) in [6.07, 6.45) is 0. The fraction of sp³-hybridized carbons (Fsp3) is 0.125. The number of hydrogen-bond donors (Lipinski definition) is 1. The quantitative estimate of drug-likeness (QED) is 0.762. The zero-order valence-electron chi connectivity index (χ0n) is 11.3. The summed E-state index contributed by atoms with van der Waals surface area (Å²) >= 11 is 3.42. The van der Waals surface area contributed by atoms with Crippen molar-refractivity contribution in [2.24, 2.45) is 5.73 Å². The topological polar surface area (TPSA) is 48.4 Å². The summed E-state index contributed by atoms with van der Waals surface area (Å²) in [6.45, 7) is 0. The van der Waals surface area contributed by atoms with E-state index in [1.807, 2.05) is 24.3 Å². The Balaban J connectivity index is 2.13. The molecule has 0 fully saturated rings. The van der Waals surface area contributed by atoms with Crippen molar-refractivity contribution in [2.75, 3.05) is 7.11 Å². The van der Waals surface area contributed by atoms with Crippen LogP contribution >= 0.6 is 15.9 Å². The number of methoxy groups -OCH3 is 1. The first kappa shape index (κ1) is 14.1. The van der Waals surface area contributed by atoms with Gasteiger partial charge in [-0.3, -0.25) is 0 Å². The third kappa shape index (κ3) is 2.43. The lowest BCUT2D eigenvalue weighted by molar-refractivity contribution is 0.397. The van der Waals surface area contributed by atoms with Gasteiger partial charge in [0.25, 0.3) is 0 Å². The summed E-state index contributed by atoms with van der Waals surface area (Å²) in [5.74, 6) is 0.476. The van der Waals surface area contributed by atoms with Crippen LogP contribution in [-0.2, 0) is 0 Å². The lowest BCUT2D eigenvalue weighted by Gasteiger charge is -2.14. The van der Waals surface area contributed by atoms with Crippen LogP contribution in [0.1, 0.15) is 17.4 Å². The Labute approximate surface area is 129 Å². The van der Waals surface area contributed by atoms with Gasteiger partial charge in [-0.15, -0.1) is 0 Å². The summed E-state index contributed by atoms with van der Waals surface area (Å²) in [7, 11) is 1.49. The molecule has 1 atom stereocenters. The number of fused-ring (bicyclic) bond motifs is 1. The first-order valence-electron chi connectivity index (χ1n) is 6.37. The smallest absolute Gasteiger partial charge is 0.148 e. The van der Waals surface area contributed by atoms with Crippen molar-refractivity contribution < 1.29 is 13.5 Å². The van der Waals surface area contributed by atoms with E-state index in [2.05, 4.69) is 15.9 Å². The van der Waals surface area contributed by atoms with Crippen molar-refractivity contribution in [1.29, 1.82) is 0 Å². The Bertz CT molecular complexity index is 800. The summed E-state index contributed by atoms with van der Waals surface area (Å²) in [5, 5.41) is 0.908. The van der Waals surface area contributed by atoms with Gasteiger partial charge in [0.2, 0.25) is 0 Å². The summed E-state index contributed by atoms with van der Waals surface area (Å²) in [4.78, 5) is 0. The third-order valence-corrected chi connectivity index (χ3v) is 3.99. The van der Waals surface area contributed by atoms with Gasteiger partial charge in [0.15, 0.2) is 0 Å². The van der Waals surface area contributed by atoms with E-state index in [0.717, 1.165) is 9.86 Å². The van der Waals surface area contributed by atoms with E-state index in [0.29, 0.717) is 17.1 Å². The number of furan rings is 1. The van der Waals surface area contributed by atoms with Gasteiger partial charge in [-0.1, -0.05) is 18.2 Å². The Kier molecular flexibility index (Phi) is 3.69. The zero-order valence-corrected chi connectivity index (χ0v) is 12.9. The van der Waals surface area contributed by atoms with Crippen LogP contribution in [0.25, 0.3) is 11.0 Å². The molecule has 108 valence electrons. The predicted octanol–water partition coefficient (Wildman–Crippen LogP) is 4.39. The van der Waals surface area contributed by atoms with Crippen LogP contribution in [0.3, 0.4) is 0 Å². The maximum Gasteiger partial charge on any atom is 0.148 e. The number of hydrogen-bond acceptors (Lipinski definition) is 3. The van der Waals surface area contributed by atoms with E-state index in [4.69, 9.17) is 14.9 Å². The highest BCUT2D eigenvalue weighted by Crippen LogP contribution is 2.35. The Hall–Kier alpha value is -1.85. The largest absolute Gasteiger partial charge is 0.496 e. The predicted molar refractivity (Wildman–Crippen MR) is 82.9 cm³/mol. The van der Waals surface area contributed by atoms with Crippen molar-refractivity contribution in [3.8, 4) is 5.75 Å². The number of para-hydroxylation sites is 1. The lowest BCUT2D eigenvalue weighted by atomic mass is 10.0. The molecule has 5 heteroatoms. The number of benzene rings is 2. The van der Waals surface area contributed by atoms with E-state index in [1.54, 1.807) is 12.1 Å². The molecular weight excluding hydrogens is 337 g/mol. The minimum atomic E-state index is -0.736. The van der Waals surface area contributed by atoms with Gasteiger partial charge in [-0.25, -0.2) is 4.39 Å². The molecule has 21 heavy (non-hydrogen) atoms. The molecule has 1 aromatic heterocycles. The Morgan fingerprint density at radius 3 is 2.71 bits per heavy atom. The molecule has 2 N–H and O–H groups in total. The molecule has 0 aliphatic rings. The molecule has 3 nitrogen and oxygen atoms in total. The van der Waals surface area contributed by atoms with Gasteiger partial charge in [0.05, 0.1) is 23.2 Å². The average Bonchev–Trinajstić information content (AvgIpc) is 2.92. The van der Waals surface area contributed by atoms with E-state index in [1.165, 1.54) is 13.2 Å². The third-order valence-electron chi connectivity index (χ3n) is 3.37. The fourth-order valence-electron chi connectivity index (χ4n) is 2.34.